The molecule has 3 heterocycles. The van der Waals surface area contributed by atoms with Gasteiger partial charge in [0, 0.05) is 44.8 Å². The summed E-state index contributed by atoms with van der Waals surface area (Å²) in [7, 11) is 1.66. The van der Waals surface area contributed by atoms with E-state index in [9.17, 15) is 9.59 Å². The highest BCUT2D eigenvalue weighted by atomic mass is 16.2. The van der Waals surface area contributed by atoms with E-state index in [-0.39, 0.29) is 23.6 Å². The summed E-state index contributed by atoms with van der Waals surface area (Å²) in [5.74, 6) is 0.721. The summed E-state index contributed by atoms with van der Waals surface area (Å²) in [6, 6.07) is 10.6. The number of aromatic nitrogens is 3. The molecular weight excluding hydrogens is 330 g/mol. The summed E-state index contributed by atoms with van der Waals surface area (Å²) in [6.45, 7) is 2.34. The Balaban J connectivity index is 1.32. The first-order valence-electron chi connectivity index (χ1n) is 9.35. The molecule has 1 aromatic heterocycles. The van der Waals surface area contributed by atoms with Gasteiger partial charge in [0.1, 0.15) is 5.82 Å². The van der Waals surface area contributed by atoms with Gasteiger partial charge in [0.05, 0.1) is 5.92 Å². The van der Waals surface area contributed by atoms with Crippen LogP contribution in [-0.4, -0.2) is 39.4 Å². The minimum atomic E-state index is -0.142. The van der Waals surface area contributed by atoms with E-state index in [1.807, 2.05) is 6.07 Å². The second-order valence-electron chi connectivity index (χ2n) is 7.27. The van der Waals surface area contributed by atoms with E-state index in [1.165, 1.54) is 10.4 Å². The molecule has 1 N–H and O–H groups in total. The van der Waals surface area contributed by atoms with Crippen molar-refractivity contribution < 1.29 is 4.79 Å². The van der Waals surface area contributed by atoms with Gasteiger partial charge in [0.25, 0.3) is 0 Å². The van der Waals surface area contributed by atoms with Crippen LogP contribution in [0.25, 0.3) is 0 Å². The standard InChI is InChI=1S/C19H25N5O2/c1-22-19(26)24-13-14(7-8-17(24)21-22)18(25)20-15-9-11-23(12-10-15)16-5-3-2-4-6-16/h2-6,14-15H,7-13H2,1H3,(H,20,25)/t14-/m0/s1. The van der Waals surface area contributed by atoms with E-state index in [1.54, 1.807) is 11.6 Å². The number of amides is 1. The van der Waals surface area contributed by atoms with Crippen LogP contribution < -0.4 is 15.9 Å². The molecule has 1 amide bonds. The number of nitrogens with zero attached hydrogens (tertiary/aromatic N) is 4. The lowest BCUT2D eigenvalue weighted by Gasteiger charge is -2.34. The molecule has 7 heteroatoms. The lowest BCUT2D eigenvalue weighted by molar-refractivity contribution is -0.126. The van der Waals surface area contributed by atoms with Gasteiger partial charge in [-0.3, -0.25) is 9.36 Å². The Labute approximate surface area is 152 Å². The van der Waals surface area contributed by atoms with E-state index < -0.39 is 0 Å². The maximum Gasteiger partial charge on any atom is 0.345 e. The second-order valence-corrected chi connectivity index (χ2v) is 7.27. The van der Waals surface area contributed by atoms with Gasteiger partial charge in [0.2, 0.25) is 5.91 Å². The van der Waals surface area contributed by atoms with Gasteiger partial charge in [-0.25, -0.2) is 9.48 Å². The lowest BCUT2D eigenvalue weighted by atomic mass is 9.97. The number of carbonyl (C=O) groups is 1. The molecule has 2 aliphatic rings. The molecular formula is C19H25N5O2. The molecule has 0 saturated carbocycles. The molecule has 1 fully saturated rings. The van der Waals surface area contributed by atoms with Crippen LogP contribution in [0.1, 0.15) is 25.1 Å². The number of anilines is 1. The number of nitrogens with one attached hydrogen (secondary N) is 1. The Bertz CT molecular complexity index is 833. The van der Waals surface area contributed by atoms with Crippen LogP contribution in [-0.2, 0) is 24.8 Å². The number of benzene rings is 1. The summed E-state index contributed by atoms with van der Waals surface area (Å²) in [4.78, 5) is 27.1. The molecule has 0 unspecified atom stereocenters. The number of rotatable bonds is 3. The van der Waals surface area contributed by atoms with Gasteiger partial charge >= 0.3 is 5.69 Å². The smallest absolute Gasteiger partial charge is 0.345 e. The third kappa shape index (κ3) is 3.25. The number of aryl methyl sites for hydroxylation is 2. The van der Waals surface area contributed by atoms with Crippen molar-refractivity contribution in [1.82, 2.24) is 19.7 Å². The molecule has 0 radical (unpaired) electrons. The Morgan fingerprint density at radius 3 is 2.62 bits per heavy atom. The van der Waals surface area contributed by atoms with Gasteiger partial charge in [-0.1, -0.05) is 18.2 Å². The third-order valence-electron chi connectivity index (χ3n) is 5.54. The number of fused-ring (bicyclic) bond motifs is 1. The van der Waals surface area contributed by atoms with E-state index in [0.717, 1.165) is 38.2 Å². The quantitative estimate of drug-likeness (QED) is 0.889. The minimum Gasteiger partial charge on any atom is -0.371 e. The predicted molar refractivity (Wildman–Crippen MR) is 99.1 cm³/mol. The molecule has 138 valence electrons. The van der Waals surface area contributed by atoms with Crippen molar-refractivity contribution in [3.8, 4) is 0 Å². The summed E-state index contributed by atoms with van der Waals surface area (Å²) in [6.07, 6.45) is 3.34. The van der Waals surface area contributed by atoms with E-state index >= 15 is 0 Å². The highest BCUT2D eigenvalue weighted by Crippen LogP contribution is 2.21. The van der Waals surface area contributed by atoms with Gasteiger partial charge in [-0.15, -0.1) is 0 Å². The fourth-order valence-electron chi connectivity index (χ4n) is 3.99. The van der Waals surface area contributed by atoms with Crippen LogP contribution in [0.15, 0.2) is 35.1 Å². The molecule has 1 aromatic carbocycles. The summed E-state index contributed by atoms with van der Waals surface area (Å²) >= 11 is 0. The fraction of sp³-hybridized carbons (Fsp3) is 0.526. The summed E-state index contributed by atoms with van der Waals surface area (Å²) < 4.78 is 3.00. The minimum absolute atomic E-state index is 0.0737. The average molecular weight is 355 g/mol. The Kier molecular flexibility index (Phi) is 4.53. The predicted octanol–water partition coefficient (Wildman–Crippen LogP) is 0.929. The van der Waals surface area contributed by atoms with Crippen molar-refractivity contribution in [3.63, 3.8) is 0 Å². The molecule has 7 nitrogen and oxygen atoms in total. The first-order chi connectivity index (χ1) is 12.6. The Hall–Kier alpha value is -2.57. The van der Waals surface area contributed by atoms with Crippen LogP contribution in [0.5, 0.6) is 0 Å². The van der Waals surface area contributed by atoms with Crippen molar-refractivity contribution in [2.24, 2.45) is 13.0 Å². The summed E-state index contributed by atoms with van der Waals surface area (Å²) in [5.41, 5.74) is 1.11. The van der Waals surface area contributed by atoms with Gasteiger partial charge < -0.3 is 10.2 Å². The summed E-state index contributed by atoms with van der Waals surface area (Å²) in [5, 5.41) is 7.44. The van der Waals surface area contributed by atoms with Gasteiger partial charge in [0.15, 0.2) is 0 Å². The highest BCUT2D eigenvalue weighted by molar-refractivity contribution is 5.79. The van der Waals surface area contributed by atoms with E-state index in [0.29, 0.717) is 13.0 Å². The van der Waals surface area contributed by atoms with Crippen molar-refractivity contribution in [3.05, 3.63) is 46.6 Å². The van der Waals surface area contributed by atoms with Crippen LogP contribution >= 0.6 is 0 Å². The number of para-hydroxylation sites is 1. The molecule has 26 heavy (non-hydrogen) atoms. The maximum absolute atomic E-state index is 12.7. The number of hydrogen-bond donors (Lipinski definition) is 1. The zero-order valence-corrected chi connectivity index (χ0v) is 15.1. The van der Waals surface area contributed by atoms with Crippen LogP contribution in [0.2, 0.25) is 0 Å². The van der Waals surface area contributed by atoms with Crippen LogP contribution in [0, 0.1) is 5.92 Å². The topological polar surface area (TPSA) is 72.2 Å². The second kappa shape index (κ2) is 6.97. The van der Waals surface area contributed by atoms with Crippen LogP contribution in [0.4, 0.5) is 5.69 Å². The normalized spacial score (nSPS) is 20.7. The number of hydrogen-bond acceptors (Lipinski definition) is 4. The monoisotopic (exact) mass is 355 g/mol. The zero-order valence-electron chi connectivity index (χ0n) is 15.1. The first kappa shape index (κ1) is 16.9. The van der Waals surface area contributed by atoms with Crippen molar-refractivity contribution >= 4 is 11.6 Å². The molecule has 1 saturated heterocycles. The lowest BCUT2D eigenvalue weighted by Crippen LogP contribution is -2.48. The highest BCUT2D eigenvalue weighted by Gasteiger charge is 2.29. The van der Waals surface area contributed by atoms with Crippen molar-refractivity contribution in [1.29, 1.82) is 0 Å². The van der Waals surface area contributed by atoms with Gasteiger partial charge in [-0.2, -0.15) is 5.10 Å². The fourth-order valence-corrected chi connectivity index (χ4v) is 3.99. The SMILES string of the molecule is Cn1nc2n(c1=O)C[C@@H](C(=O)NC1CCN(c3ccccc3)CC1)CC2. The average Bonchev–Trinajstić information content (AvgIpc) is 2.96. The zero-order chi connectivity index (χ0) is 18.1. The van der Waals surface area contributed by atoms with Crippen LogP contribution in [0.3, 0.4) is 0 Å². The molecule has 2 aromatic rings. The third-order valence-corrected chi connectivity index (χ3v) is 5.54. The molecule has 1 atom stereocenters. The molecule has 0 bridgehead atoms. The maximum atomic E-state index is 12.7. The number of piperidine rings is 1. The molecule has 0 spiro atoms. The molecule has 4 rings (SSSR count). The Morgan fingerprint density at radius 1 is 1.15 bits per heavy atom. The van der Waals surface area contributed by atoms with E-state index in [4.69, 9.17) is 0 Å². The van der Waals surface area contributed by atoms with E-state index in [2.05, 4.69) is 39.6 Å². The molecule has 0 aliphatic carbocycles. The van der Waals surface area contributed by atoms with Gasteiger partial charge in [-0.05, 0) is 31.4 Å². The largest absolute Gasteiger partial charge is 0.371 e. The number of carbonyl (C=O) groups excluding carboxylic acids is 1. The molecule has 2 aliphatic heterocycles. The van der Waals surface area contributed by atoms with Crippen molar-refractivity contribution in [2.45, 2.75) is 38.3 Å². The first-order valence-corrected chi connectivity index (χ1v) is 9.35. The van der Waals surface area contributed by atoms with Crippen molar-refractivity contribution in [2.75, 3.05) is 18.0 Å². The Morgan fingerprint density at radius 2 is 1.88 bits per heavy atom.